The van der Waals surface area contributed by atoms with E-state index in [2.05, 4.69) is 5.32 Å². The molecule has 0 unspecified atom stereocenters. The Morgan fingerprint density at radius 2 is 1.86 bits per heavy atom. The number of halogens is 1. The number of nitrogens with one attached hydrogen (secondary N) is 1. The zero-order chi connectivity index (χ0) is 15.2. The number of fused-ring (bicyclic) bond motifs is 1. The van der Waals surface area contributed by atoms with Crippen LogP contribution < -0.4 is 5.32 Å². The highest BCUT2D eigenvalue weighted by atomic mass is 35.5. The van der Waals surface area contributed by atoms with E-state index in [0.29, 0.717) is 16.1 Å². The third-order valence-corrected chi connectivity index (χ3v) is 4.22. The predicted octanol–water partition coefficient (Wildman–Crippen LogP) is 3.80. The highest BCUT2D eigenvalue weighted by Gasteiger charge is 2.38. The highest BCUT2D eigenvalue weighted by Crippen LogP contribution is 2.38. The molecule has 0 saturated carbocycles. The standard InChI is InChI=1S/C17H14ClNO2/c1-17(2)12-9-10(7-8-14(12)19-16(17)21)15(20)11-5-3-4-6-13(11)18/h3-9H,1-2H3,(H,19,21). The molecule has 0 radical (unpaired) electrons. The summed E-state index contributed by atoms with van der Waals surface area (Å²) in [5, 5.41) is 3.26. The lowest BCUT2D eigenvalue weighted by atomic mass is 9.84. The molecular formula is C17H14ClNO2. The van der Waals surface area contributed by atoms with Gasteiger partial charge < -0.3 is 5.32 Å². The summed E-state index contributed by atoms with van der Waals surface area (Å²) in [4.78, 5) is 24.5. The van der Waals surface area contributed by atoms with Gasteiger partial charge in [0.05, 0.1) is 10.4 Å². The fraction of sp³-hybridized carbons (Fsp3) is 0.176. The second kappa shape index (κ2) is 4.71. The van der Waals surface area contributed by atoms with E-state index in [4.69, 9.17) is 11.6 Å². The summed E-state index contributed by atoms with van der Waals surface area (Å²) >= 11 is 6.08. The molecule has 0 spiro atoms. The first kappa shape index (κ1) is 13.8. The molecule has 2 aromatic carbocycles. The van der Waals surface area contributed by atoms with Gasteiger partial charge in [-0.25, -0.2) is 0 Å². The van der Waals surface area contributed by atoms with Crippen LogP contribution in [0.5, 0.6) is 0 Å². The molecule has 21 heavy (non-hydrogen) atoms. The van der Waals surface area contributed by atoms with Gasteiger partial charge in [-0.2, -0.15) is 0 Å². The van der Waals surface area contributed by atoms with Gasteiger partial charge in [-0.05, 0) is 49.7 Å². The Bertz CT molecular complexity index is 765. The van der Waals surface area contributed by atoms with E-state index in [1.165, 1.54) is 0 Å². The molecule has 4 heteroatoms. The fourth-order valence-corrected chi connectivity index (χ4v) is 2.73. The van der Waals surface area contributed by atoms with Gasteiger partial charge in [0.15, 0.2) is 5.78 Å². The van der Waals surface area contributed by atoms with Gasteiger partial charge in [-0.15, -0.1) is 0 Å². The van der Waals surface area contributed by atoms with Crippen molar-refractivity contribution < 1.29 is 9.59 Å². The number of benzene rings is 2. The molecule has 2 aromatic rings. The molecule has 0 bridgehead atoms. The number of carbonyl (C=O) groups is 2. The molecule has 1 N–H and O–H groups in total. The smallest absolute Gasteiger partial charge is 0.234 e. The second-order valence-corrected chi connectivity index (χ2v) is 6.06. The minimum Gasteiger partial charge on any atom is -0.325 e. The molecule has 3 nitrogen and oxygen atoms in total. The molecule has 1 aliphatic rings. The third-order valence-electron chi connectivity index (χ3n) is 3.89. The Morgan fingerprint density at radius 3 is 2.57 bits per heavy atom. The Hall–Kier alpha value is -2.13. The van der Waals surface area contributed by atoms with Gasteiger partial charge >= 0.3 is 0 Å². The maximum absolute atomic E-state index is 12.6. The quantitative estimate of drug-likeness (QED) is 0.857. The van der Waals surface area contributed by atoms with Crippen LogP contribution in [0.15, 0.2) is 42.5 Å². The van der Waals surface area contributed by atoms with Gasteiger partial charge in [-0.3, -0.25) is 9.59 Å². The van der Waals surface area contributed by atoms with Crippen LogP contribution in [0.2, 0.25) is 5.02 Å². The summed E-state index contributed by atoms with van der Waals surface area (Å²) in [5.74, 6) is -0.196. The maximum atomic E-state index is 12.6. The average molecular weight is 300 g/mol. The first-order chi connectivity index (χ1) is 9.91. The van der Waals surface area contributed by atoms with Gasteiger partial charge in [0, 0.05) is 16.8 Å². The Balaban J connectivity index is 2.07. The van der Waals surface area contributed by atoms with E-state index in [9.17, 15) is 9.59 Å². The Morgan fingerprint density at radius 1 is 1.14 bits per heavy atom. The van der Waals surface area contributed by atoms with Crippen LogP contribution in [0.4, 0.5) is 5.69 Å². The van der Waals surface area contributed by atoms with Crippen LogP contribution in [0.3, 0.4) is 0 Å². The summed E-state index contributed by atoms with van der Waals surface area (Å²) in [5.41, 5.74) is 1.97. The van der Waals surface area contributed by atoms with Gasteiger partial charge in [0.1, 0.15) is 0 Å². The topological polar surface area (TPSA) is 46.2 Å². The first-order valence-electron chi connectivity index (χ1n) is 6.66. The summed E-state index contributed by atoms with van der Waals surface area (Å²) in [6, 6.07) is 12.2. The van der Waals surface area contributed by atoms with Gasteiger partial charge in [0.2, 0.25) is 5.91 Å². The normalized spacial score (nSPS) is 15.5. The van der Waals surface area contributed by atoms with Crippen LogP contribution in [0.1, 0.15) is 35.3 Å². The minimum atomic E-state index is -0.633. The molecule has 3 rings (SSSR count). The number of ketones is 1. The van der Waals surface area contributed by atoms with Gasteiger partial charge in [0.25, 0.3) is 0 Å². The molecule has 0 fully saturated rings. The number of amides is 1. The summed E-state index contributed by atoms with van der Waals surface area (Å²) < 4.78 is 0. The summed E-state index contributed by atoms with van der Waals surface area (Å²) in [7, 11) is 0. The number of hydrogen-bond donors (Lipinski definition) is 1. The molecule has 1 aliphatic heterocycles. The van der Waals surface area contributed by atoms with Crippen molar-refractivity contribution in [2.24, 2.45) is 0 Å². The summed E-state index contributed by atoms with van der Waals surface area (Å²) in [6.07, 6.45) is 0. The molecule has 0 aromatic heterocycles. The van der Waals surface area contributed by atoms with E-state index in [1.807, 2.05) is 13.8 Å². The number of carbonyl (C=O) groups excluding carboxylic acids is 2. The van der Waals surface area contributed by atoms with Crippen molar-refractivity contribution in [2.45, 2.75) is 19.3 Å². The Labute approximate surface area is 127 Å². The van der Waals surface area contributed by atoms with Crippen molar-refractivity contribution in [3.05, 3.63) is 64.2 Å². The molecule has 0 aliphatic carbocycles. The molecular weight excluding hydrogens is 286 g/mol. The highest BCUT2D eigenvalue weighted by molar-refractivity contribution is 6.35. The van der Waals surface area contributed by atoms with Gasteiger partial charge in [-0.1, -0.05) is 23.7 Å². The Kier molecular flexibility index (Phi) is 3.10. The monoisotopic (exact) mass is 299 g/mol. The average Bonchev–Trinajstić information content (AvgIpc) is 2.69. The largest absolute Gasteiger partial charge is 0.325 e. The zero-order valence-electron chi connectivity index (χ0n) is 11.7. The van der Waals surface area contributed by atoms with Crippen LogP contribution >= 0.6 is 11.6 Å². The number of anilines is 1. The lowest BCUT2D eigenvalue weighted by Crippen LogP contribution is -2.27. The molecule has 1 heterocycles. The van der Waals surface area contributed by atoms with Crippen LogP contribution in [-0.4, -0.2) is 11.7 Å². The maximum Gasteiger partial charge on any atom is 0.234 e. The SMILES string of the molecule is CC1(C)C(=O)Nc2ccc(C(=O)c3ccccc3Cl)cc21. The number of hydrogen-bond acceptors (Lipinski definition) is 2. The van der Waals surface area contributed by atoms with Crippen molar-refractivity contribution in [3.63, 3.8) is 0 Å². The minimum absolute atomic E-state index is 0.0557. The van der Waals surface area contributed by atoms with Crippen LogP contribution in [0.25, 0.3) is 0 Å². The van der Waals surface area contributed by atoms with Crippen molar-refractivity contribution in [3.8, 4) is 0 Å². The van der Waals surface area contributed by atoms with E-state index >= 15 is 0 Å². The molecule has 0 atom stereocenters. The second-order valence-electron chi connectivity index (χ2n) is 5.65. The first-order valence-corrected chi connectivity index (χ1v) is 7.04. The van der Waals surface area contributed by atoms with Crippen molar-refractivity contribution >= 4 is 29.0 Å². The number of rotatable bonds is 2. The predicted molar refractivity (Wildman–Crippen MR) is 83.0 cm³/mol. The lowest BCUT2D eigenvalue weighted by Gasteiger charge is -2.15. The van der Waals surface area contributed by atoms with Crippen molar-refractivity contribution in [2.75, 3.05) is 5.32 Å². The van der Waals surface area contributed by atoms with Crippen LogP contribution in [0, 0.1) is 0 Å². The van der Waals surface area contributed by atoms with E-state index in [0.717, 1.165) is 11.3 Å². The van der Waals surface area contributed by atoms with E-state index in [-0.39, 0.29) is 11.7 Å². The van der Waals surface area contributed by atoms with Crippen molar-refractivity contribution in [1.82, 2.24) is 0 Å². The summed E-state index contributed by atoms with van der Waals surface area (Å²) in [6.45, 7) is 3.69. The zero-order valence-corrected chi connectivity index (χ0v) is 12.5. The molecule has 0 saturated heterocycles. The van der Waals surface area contributed by atoms with Crippen molar-refractivity contribution in [1.29, 1.82) is 0 Å². The van der Waals surface area contributed by atoms with E-state index < -0.39 is 5.41 Å². The molecule has 106 valence electrons. The lowest BCUT2D eigenvalue weighted by molar-refractivity contribution is -0.119. The third kappa shape index (κ3) is 2.14. The van der Waals surface area contributed by atoms with E-state index in [1.54, 1.807) is 42.5 Å². The van der Waals surface area contributed by atoms with Crippen LogP contribution in [-0.2, 0) is 10.2 Å². The fourth-order valence-electron chi connectivity index (χ4n) is 2.51. The molecule has 1 amide bonds.